The highest BCUT2D eigenvalue weighted by Gasteiger charge is 2.58. The number of carbonyl (C=O) groups excluding carboxylic acids is 1. The topological polar surface area (TPSA) is 76.0 Å². The zero-order valence-electron chi connectivity index (χ0n) is 13.0. The van der Waals surface area contributed by atoms with Crippen LogP contribution >= 0.6 is 0 Å². The van der Waals surface area contributed by atoms with Crippen molar-refractivity contribution >= 4 is 5.97 Å². The first-order valence-electron chi connectivity index (χ1n) is 7.46. The smallest absolute Gasteiger partial charge is 0.312 e. The fraction of sp³-hybridized carbons (Fsp3) is 0.933. The third kappa shape index (κ3) is 4.27. The molecule has 4 atom stereocenters. The highest BCUT2D eigenvalue weighted by Crippen LogP contribution is 2.57. The average Bonchev–Trinajstić information content (AvgIpc) is 3.04. The number of aliphatic hydroxyl groups excluding tert-OH is 1. The van der Waals surface area contributed by atoms with Gasteiger partial charge in [0.05, 0.1) is 5.41 Å². The van der Waals surface area contributed by atoms with Crippen molar-refractivity contribution in [2.75, 3.05) is 13.2 Å². The second-order valence-corrected chi connectivity index (χ2v) is 6.74. The Labute approximate surface area is 121 Å². The molecule has 1 N–H and O–H groups in total. The number of esters is 1. The maximum absolute atomic E-state index is 12.2. The molecular weight excluding hydrogens is 258 g/mol. The van der Waals surface area contributed by atoms with Gasteiger partial charge in [-0.1, -0.05) is 32.9 Å². The van der Waals surface area contributed by atoms with E-state index in [9.17, 15) is 9.70 Å². The van der Waals surface area contributed by atoms with E-state index in [2.05, 4.69) is 25.9 Å². The second kappa shape index (κ2) is 7.16. The number of aliphatic hydroxyl groups is 1. The molecule has 1 aliphatic carbocycles. The highest BCUT2D eigenvalue weighted by atomic mass is 16.5. The van der Waals surface area contributed by atoms with Crippen LogP contribution in [-0.2, 0) is 9.53 Å². The Bertz CT molecular complexity index is 345. The van der Waals surface area contributed by atoms with Gasteiger partial charge in [0.25, 0.3) is 0 Å². The summed E-state index contributed by atoms with van der Waals surface area (Å²) in [5, 5.41) is 12.0. The maximum atomic E-state index is 12.2. The van der Waals surface area contributed by atoms with Crippen LogP contribution in [0.3, 0.4) is 0 Å². The van der Waals surface area contributed by atoms with Gasteiger partial charge in [0.15, 0.2) is 0 Å². The molecule has 1 saturated carbocycles. The summed E-state index contributed by atoms with van der Waals surface area (Å²) in [6, 6.07) is -0.564. The molecule has 0 amide bonds. The Kier molecular flexibility index (Phi) is 6.11. The van der Waals surface area contributed by atoms with Crippen molar-refractivity contribution < 1.29 is 14.6 Å². The second-order valence-electron chi connectivity index (χ2n) is 6.74. The molecule has 0 heterocycles. The van der Waals surface area contributed by atoms with Crippen LogP contribution in [0.25, 0.3) is 0 Å². The Morgan fingerprint density at radius 2 is 2.05 bits per heavy atom. The molecule has 0 aliphatic heterocycles. The zero-order valence-corrected chi connectivity index (χ0v) is 13.0. The van der Waals surface area contributed by atoms with Crippen molar-refractivity contribution in [3.8, 4) is 0 Å². The molecule has 4 unspecified atom stereocenters. The standard InChI is InChI=1S/C15H27NO4/c1-10(2)6-15(7-12(15)4)14(18)20-9-13(16-19)5-11(3)8-17/h10-13,17H,5-9H2,1-4H3. The molecule has 5 nitrogen and oxygen atoms in total. The van der Waals surface area contributed by atoms with Crippen LogP contribution in [0.4, 0.5) is 0 Å². The van der Waals surface area contributed by atoms with Gasteiger partial charge in [-0.15, -0.1) is 0 Å². The fourth-order valence-electron chi connectivity index (χ4n) is 2.86. The first-order chi connectivity index (χ1) is 9.35. The summed E-state index contributed by atoms with van der Waals surface area (Å²) in [6.07, 6.45) is 2.15. The molecule has 1 fully saturated rings. The summed E-state index contributed by atoms with van der Waals surface area (Å²) in [4.78, 5) is 23.0. The van der Waals surface area contributed by atoms with Gasteiger partial charge in [-0.3, -0.25) is 4.79 Å². The summed E-state index contributed by atoms with van der Waals surface area (Å²) in [7, 11) is 0. The molecule has 116 valence electrons. The lowest BCUT2D eigenvalue weighted by Crippen LogP contribution is -2.27. The summed E-state index contributed by atoms with van der Waals surface area (Å²) >= 11 is 0. The summed E-state index contributed by atoms with van der Waals surface area (Å²) < 4.78 is 5.32. The first-order valence-corrected chi connectivity index (χ1v) is 7.46. The predicted molar refractivity (Wildman–Crippen MR) is 77.1 cm³/mol. The summed E-state index contributed by atoms with van der Waals surface area (Å²) in [5.74, 6) is 0.600. The fourth-order valence-corrected chi connectivity index (χ4v) is 2.86. The summed E-state index contributed by atoms with van der Waals surface area (Å²) in [5.41, 5.74) is -0.343. The van der Waals surface area contributed by atoms with E-state index in [1.807, 2.05) is 6.92 Å². The van der Waals surface area contributed by atoms with Crippen molar-refractivity contribution in [3.05, 3.63) is 4.91 Å². The number of hydrogen-bond donors (Lipinski definition) is 1. The Hall–Kier alpha value is -0.970. The third-order valence-corrected chi connectivity index (χ3v) is 4.17. The first kappa shape index (κ1) is 17.1. The van der Waals surface area contributed by atoms with Crippen molar-refractivity contribution in [2.24, 2.45) is 28.3 Å². The van der Waals surface area contributed by atoms with E-state index < -0.39 is 6.04 Å². The lowest BCUT2D eigenvalue weighted by molar-refractivity contribution is -0.152. The summed E-state index contributed by atoms with van der Waals surface area (Å²) in [6.45, 7) is 8.13. The Morgan fingerprint density at radius 1 is 1.45 bits per heavy atom. The van der Waals surface area contributed by atoms with Crippen LogP contribution in [-0.4, -0.2) is 30.3 Å². The maximum Gasteiger partial charge on any atom is 0.312 e. The lowest BCUT2D eigenvalue weighted by Gasteiger charge is -2.19. The minimum atomic E-state index is -0.564. The largest absolute Gasteiger partial charge is 0.463 e. The molecule has 0 aromatic heterocycles. The Morgan fingerprint density at radius 3 is 2.45 bits per heavy atom. The van der Waals surface area contributed by atoms with Crippen molar-refractivity contribution in [3.63, 3.8) is 0 Å². The molecular formula is C15H27NO4. The van der Waals surface area contributed by atoms with Crippen molar-refractivity contribution in [1.82, 2.24) is 0 Å². The van der Waals surface area contributed by atoms with E-state index in [0.29, 0.717) is 18.3 Å². The zero-order chi connectivity index (χ0) is 15.3. The van der Waals surface area contributed by atoms with Gasteiger partial charge in [0.1, 0.15) is 12.6 Å². The average molecular weight is 285 g/mol. The van der Waals surface area contributed by atoms with Crippen LogP contribution in [0.15, 0.2) is 5.18 Å². The van der Waals surface area contributed by atoms with Gasteiger partial charge in [0.2, 0.25) is 0 Å². The number of carbonyl (C=O) groups is 1. The molecule has 0 saturated heterocycles. The van der Waals surface area contributed by atoms with Gasteiger partial charge in [0, 0.05) is 6.61 Å². The monoisotopic (exact) mass is 285 g/mol. The van der Waals surface area contributed by atoms with Gasteiger partial charge < -0.3 is 9.84 Å². The molecule has 1 aliphatic rings. The molecule has 20 heavy (non-hydrogen) atoms. The predicted octanol–water partition coefficient (Wildman–Crippen LogP) is 2.76. The molecule has 0 spiro atoms. The van der Waals surface area contributed by atoms with E-state index in [4.69, 9.17) is 9.84 Å². The molecule has 0 radical (unpaired) electrons. The molecule has 1 rings (SSSR count). The third-order valence-electron chi connectivity index (χ3n) is 4.17. The van der Waals surface area contributed by atoms with Crippen LogP contribution in [0.2, 0.25) is 0 Å². The van der Waals surface area contributed by atoms with Crippen molar-refractivity contribution in [1.29, 1.82) is 0 Å². The number of hydrogen-bond acceptors (Lipinski definition) is 5. The number of ether oxygens (including phenoxy) is 1. The highest BCUT2D eigenvalue weighted by molar-refractivity contribution is 5.80. The SMILES string of the molecule is CC(C)CC1(C(=O)OCC(CC(C)CO)N=O)CC1C. The van der Waals surface area contributed by atoms with Gasteiger partial charge in [-0.05, 0) is 37.0 Å². The van der Waals surface area contributed by atoms with E-state index >= 15 is 0 Å². The molecule has 5 heteroatoms. The van der Waals surface area contributed by atoms with Gasteiger partial charge in [-0.25, -0.2) is 0 Å². The number of nitroso groups, excluding NO2 is 1. The molecule has 0 aromatic carbocycles. The number of nitrogens with zero attached hydrogens (tertiary/aromatic N) is 1. The minimum absolute atomic E-state index is 0.00822. The van der Waals surface area contributed by atoms with E-state index in [0.717, 1.165) is 12.8 Å². The van der Waals surface area contributed by atoms with E-state index in [-0.39, 0.29) is 30.5 Å². The van der Waals surface area contributed by atoms with Crippen molar-refractivity contribution in [2.45, 2.75) is 53.0 Å². The molecule has 0 aromatic rings. The van der Waals surface area contributed by atoms with Crippen LogP contribution in [0.5, 0.6) is 0 Å². The molecule has 0 bridgehead atoms. The van der Waals surface area contributed by atoms with Crippen LogP contribution in [0, 0.1) is 28.1 Å². The lowest BCUT2D eigenvalue weighted by atomic mass is 9.92. The minimum Gasteiger partial charge on any atom is -0.463 e. The van der Waals surface area contributed by atoms with Gasteiger partial charge >= 0.3 is 5.97 Å². The van der Waals surface area contributed by atoms with Crippen LogP contribution in [0.1, 0.15) is 47.0 Å². The van der Waals surface area contributed by atoms with Crippen LogP contribution < -0.4 is 0 Å². The van der Waals surface area contributed by atoms with E-state index in [1.165, 1.54) is 0 Å². The van der Waals surface area contributed by atoms with E-state index in [1.54, 1.807) is 0 Å². The normalized spacial score (nSPS) is 28.0. The van der Waals surface area contributed by atoms with Gasteiger partial charge in [-0.2, -0.15) is 4.91 Å². The Balaban J connectivity index is 2.47. The quantitative estimate of drug-likeness (QED) is 0.522. The number of rotatable bonds is 9.